The number of rotatable bonds is 2. The summed E-state index contributed by atoms with van der Waals surface area (Å²) in [4.78, 5) is 2.28. The number of halogens is 1. The van der Waals surface area contributed by atoms with Crippen LogP contribution >= 0.6 is 17.0 Å². The Morgan fingerprint density at radius 1 is 0.815 bits per heavy atom. The highest BCUT2D eigenvalue weighted by Crippen LogP contribution is 2.52. The normalized spacial score (nSPS) is 14.9. The van der Waals surface area contributed by atoms with Crippen molar-refractivity contribution in [1.29, 1.82) is 0 Å². The summed E-state index contributed by atoms with van der Waals surface area (Å²) in [7, 11) is 3.91. The average molecular weight is 424 g/mol. The quantitative estimate of drug-likeness (QED) is 0.468. The maximum absolute atomic E-state index is 5.80. The van der Waals surface area contributed by atoms with Gasteiger partial charge in [-0.25, -0.2) is 0 Å². The summed E-state index contributed by atoms with van der Waals surface area (Å²) in [5.41, 5.74) is 10.4. The van der Waals surface area contributed by atoms with Gasteiger partial charge in [0.05, 0.1) is 7.11 Å². The molecule has 0 spiro atoms. The van der Waals surface area contributed by atoms with E-state index in [1.807, 2.05) is 0 Å². The smallest absolute Gasteiger partial charge is 0.125 e. The lowest BCUT2D eigenvalue weighted by Gasteiger charge is -2.37. The predicted octanol–water partition coefficient (Wildman–Crippen LogP) is 6.46. The van der Waals surface area contributed by atoms with Crippen molar-refractivity contribution in [1.82, 2.24) is 0 Å². The summed E-state index contributed by atoms with van der Waals surface area (Å²) >= 11 is 0. The summed E-state index contributed by atoms with van der Waals surface area (Å²) in [6, 6.07) is 19.6. The number of ether oxygens (including phenoxy) is 1. The Bertz CT molecular complexity index is 972. The van der Waals surface area contributed by atoms with E-state index < -0.39 is 0 Å². The topological polar surface area (TPSA) is 12.5 Å². The molecule has 0 N–H and O–H groups in total. The van der Waals surface area contributed by atoms with Gasteiger partial charge in [-0.3, -0.25) is 0 Å². The molecule has 0 radical (unpaired) electrons. The minimum atomic E-state index is 0. The van der Waals surface area contributed by atoms with Gasteiger partial charge in [0.15, 0.2) is 0 Å². The summed E-state index contributed by atoms with van der Waals surface area (Å²) in [5, 5.41) is 0. The van der Waals surface area contributed by atoms with Gasteiger partial charge in [0.1, 0.15) is 5.75 Å². The van der Waals surface area contributed by atoms with Crippen LogP contribution in [0.1, 0.15) is 39.3 Å². The fourth-order valence-corrected chi connectivity index (χ4v) is 4.56. The molecule has 3 aromatic carbocycles. The van der Waals surface area contributed by atoms with Crippen LogP contribution in [-0.4, -0.2) is 14.2 Å². The van der Waals surface area contributed by atoms with Crippen LogP contribution in [0.4, 0.5) is 11.4 Å². The fourth-order valence-electron chi connectivity index (χ4n) is 4.56. The molecule has 140 valence electrons. The zero-order chi connectivity index (χ0) is 18.4. The third-order valence-corrected chi connectivity index (χ3v) is 5.55. The van der Waals surface area contributed by atoms with E-state index in [1.165, 1.54) is 44.8 Å². The summed E-state index contributed by atoms with van der Waals surface area (Å²) < 4.78 is 5.80. The molecule has 1 aliphatic rings. The van der Waals surface area contributed by atoms with Crippen LogP contribution in [0, 0.1) is 20.8 Å². The molecule has 27 heavy (non-hydrogen) atoms. The van der Waals surface area contributed by atoms with Crippen LogP contribution in [0.5, 0.6) is 5.75 Å². The second-order valence-corrected chi connectivity index (χ2v) is 7.26. The van der Waals surface area contributed by atoms with Gasteiger partial charge in [-0.2, -0.15) is 0 Å². The first kappa shape index (κ1) is 19.5. The van der Waals surface area contributed by atoms with Crippen LogP contribution in [0.25, 0.3) is 0 Å². The molecule has 1 unspecified atom stereocenters. The van der Waals surface area contributed by atoms with Gasteiger partial charge >= 0.3 is 0 Å². The van der Waals surface area contributed by atoms with E-state index in [2.05, 4.69) is 87.3 Å². The SMILES string of the molecule is Br.COc1cccc2c1C(c1c(C)cc(C)cc1C)c1ccccc1N2C. The van der Waals surface area contributed by atoms with Crippen LogP contribution in [0.15, 0.2) is 54.6 Å². The van der Waals surface area contributed by atoms with Crippen molar-refractivity contribution in [2.45, 2.75) is 26.7 Å². The minimum absolute atomic E-state index is 0. The first-order valence-corrected chi connectivity index (χ1v) is 9.10. The number of hydrogen-bond donors (Lipinski definition) is 0. The van der Waals surface area contributed by atoms with E-state index in [9.17, 15) is 0 Å². The molecule has 1 atom stereocenters. The molecule has 0 aromatic heterocycles. The van der Waals surface area contributed by atoms with Crippen molar-refractivity contribution in [3.63, 3.8) is 0 Å². The zero-order valence-electron chi connectivity index (χ0n) is 16.5. The van der Waals surface area contributed by atoms with Gasteiger partial charge in [0.2, 0.25) is 0 Å². The minimum Gasteiger partial charge on any atom is -0.496 e. The lowest BCUT2D eigenvalue weighted by Crippen LogP contribution is -2.23. The Morgan fingerprint density at radius 2 is 1.44 bits per heavy atom. The number of nitrogens with zero attached hydrogens (tertiary/aromatic N) is 1. The number of aryl methyl sites for hydroxylation is 3. The van der Waals surface area contributed by atoms with Gasteiger partial charge in [-0.15, -0.1) is 17.0 Å². The molecule has 3 heteroatoms. The Kier molecular flexibility index (Phi) is 5.34. The number of para-hydroxylation sites is 1. The molecule has 3 aromatic rings. The summed E-state index contributed by atoms with van der Waals surface area (Å²) in [6.07, 6.45) is 0. The number of methoxy groups -OCH3 is 1. The summed E-state index contributed by atoms with van der Waals surface area (Å²) in [6.45, 7) is 6.62. The summed E-state index contributed by atoms with van der Waals surface area (Å²) in [5.74, 6) is 1.13. The lowest BCUT2D eigenvalue weighted by atomic mass is 9.76. The van der Waals surface area contributed by atoms with Crippen molar-refractivity contribution in [2.75, 3.05) is 19.1 Å². The van der Waals surface area contributed by atoms with Crippen molar-refractivity contribution in [3.05, 3.63) is 88.0 Å². The van der Waals surface area contributed by atoms with E-state index in [-0.39, 0.29) is 22.9 Å². The van der Waals surface area contributed by atoms with E-state index in [4.69, 9.17) is 4.74 Å². The third kappa shape index (κ3) is 3.04. The van der Waals surface area contributed by atoms with Crippen molar-refractivity contribution < 1.29 is 4.74 Å². The largest absolute Gasteiger partial charge is 0.496 e. The molecule has 0 saturated heterocycles. The van der Waals surface area contributed by atoms with Crippen LogP contribution < -0.4 is 9.64 Å². The molecule has 1 aliphatic heterocycles. The first-order valence-electron chi connectivity index (χ1n) is 9.10. The van der Waals surface area contributed by atoms with Gasteiger partial charge in [-0.1, -0.05) is 42.0 Å². The number of fused-ring (bicyclic) bond motifs is 2. The highest BCUT2D eigenvalue weighted by molar-refractivity contribution is 8.93. The Hall–Kier alpha value is -2.26. The number of anilines is 2. The van der Waals surface area contributed by atoms with Gasteiger partial charge in [0, 0.05) is 29.9 Å². The Balaban J connectivity index is 0.00000210. The van der Waals surface area contributed by atoms with Gasteiger partial charge in [-0.05, 0) is 61.2 Å². The molecule has 0 aliphatic carbocycles. The molecule has 4 rings (SSSR count). The molecule has 2 nitrogen and oxygen atoms in total. The molecular weight excluding hydrogens is 398 g/mol. The fraction of sp³-hybridized carbons (Fsp3) is 0.250. The molecule has 1 heterocycles. The van der Waals surface area contributed by atoms with Crippen molar-refractivity contribution in [2.24, 2.45) is 0 Å². The van der Waals surface area contributed by atoms with E-state index in [1.54, 1.807) is 7.11 Å². The van der Waals surface area contributed by atoms with Crippen LogP contribution in [0.2, 0.25) is 0 Å². The van der Waals surface area contributed by atoms with Crippen LogP contribution in [-0.2, 0) is 0 Å². The lowest BCUT2D eigenvalue weighted by molar-refractivity contribution is 0.409. The molecule has 0 saturated carbocycles. The maximum Gasteiger partial charge on any atom is 0.125 e. The second kappa shape index (κ2) is 7.40. The van der Waals surface area contributed by atoms with Crippen molar-refractivity contribution >= 4 is 28.4 Å². The monoisotopic (exact) mass is 423 g/mol. The Labute approximate surface area is 172 Å². The highest BCUT2D eigenvalue weighted by atomic mass is 79.9. The van der Waals surface area contributed by atoms with Crippen LogP contribution in [0.3, 0.4) is 0 Å². The van der Waals surface area contributed by atoms with E-state index in [0.717, 1.165) is 5.75 Å². The van der Waals surface area contributed by atoms with E-state index >= 15 is 0 Å². The second-order valence-electron chi connectivity index (χ2n) is 7.26. The standard InChI is InChI=1S/C24H25NO.BrH/c1-15-13-16(2)22(17(3)14-15)23-18-9-6-7-10-19(18)25(4)20-11-8-12-21(26-5)24(20)23;/h6-14,23H,1-5H3;1H. The average Bonchev–Trinajstić information content (AvgIpc) is 2.63. The first-order chi connectivity index (χ1) is 12.5. The molecular formula is C24H26BrNO. The number of benzene rings is 3. The Morgan fingerprint density at radius 3 is 2.11 bits per heavy atom. The van der Waals surface area contributed by atoms with Gasteiger partial charge < -0.3 is 9.64 Å². The molecule has 0 amide bonds. The third-order valence-electron chi connectivity index (χ3n) is 5.55. The number of hydrogen-bond acceptors (Lipinski definition) is 2. The highest BCUT2D eigenvalue weighted by Gasteiger charge is 2.33. The zero-order valence-corrected chi connectivity index (χ0v) is 18.3. The maximum atomic E-state index is 5.80. The van der Waals surface area contributed by atoms with E-state index in [0.29, 0.717) is 0 Å². The molecule has 0 fully saturated rings. The van der Waals surface area contributed by atoms with Crippen molar-refractivity contribution in [3.8, 4) is 5.75 Å². The van der Waals surface area contributed by atoms with Gasteiger partial charge in [0.25, 0.3) is 0 Å². The molecule has 0 bridgehead atoms. The predicted molar refractivity (Wildman–Crippen MR) is 119 cm³/mol.